The number of anilines is 3. The molecule has 0 saturated heterocycles. The number of aryl methyl sites for hydroxylation is 1. The van der Waals surface area contributed by atoms with E-state index in [-0.39, 0.29) is 4.90 Å². The Morgan fingerprint density at radius 2 is 1.93 bits per heavy atom. The standard InChI is InChI=1S/C21H27N5O3S/c1-13-12-22-19-18(13)20(23-14-7-5-4-6-8-14)26-21(25-19)24-16-10-9-15(30(3,27)28)11-17(16)29-2/h9-12,14H,4-8H2,1-3H3,(H3,22,23,24,25,26). The number of hydrogen-bond acceptors (Lipinski definition) is 7. The first-order valence-electron chi connectivity index (χ1n) is 10.1. The third kappa shape index (κ3) is 4.21. The van der Waals surface area contributed by atoms with Crippen LogP contribution in [0.4, 0.5) is 17.5 Å². The number of hydrogen-bond donors (Lipinski definition) is 3. The van der Waals surface area contributed by atoms with Crippen LogP contribution in [0.15, 0.2) is 29.3 Å². The van der Waals surface area contributed by atoms with Gasteiger partial charge in [0.25, 0.3) is 0 Å². The molecule has 1 aromatic carbocycles. The van der Waals surface area contributed by atoms with Crippen molar-refractivity contribution in [2.45, 2.75) is 50.0 Å². The molecule has 1 fully saturated rings. The molecule has 0 radical (unpaired) electrons. The number of H-pyrrole nitrogens is 1. The maximum Gasteiger partial charge on any atom is 0.231 e. The average Bonchev–Trinajstić information content (AvgIpc) is 3.09. The molecule has 8 nitrogen and oxygen atoms in total. The maximum absolute atomic E-state index is 11.8. The van der Waals surface area contributed by atoms with Crippen LogP contribution >= 0.6 is 0 Å². The largest absolute Gasteiger partial charge is 0.495 e. The van der Waals surface area contributed by atoms with E-state index in [1.165, 1.54) is 38.7 Å². The molecule has 0 spiro atoms. The van der Waals surface area contributed by atoms with Gasteiger partial charge < -0.3 is 20.4 Å². The smallest absolute Gasteiger partial charge is 0.231 e. The number of methoxy groups -OCH3 is 1. The summed E-state index contributed by atoms with van der Waals surface area (Å²) in [5.41, 5.74) is 2.43. The SMILES string of the molecule is COc1cc(S(C)(=O)=O)ccc1Nc1nc(NC2CCCCC2)c2c(C)c[nH]c2n1. The first kappa shape index (κ1) is 20.5. The molecule has 0 unspecified atom stereocenters. The predicted octanol–water partition coefficient (Wildman–Crippen LogP) is 4.17. The zero-order valence-corrected chi connectivity index (χ0v) is 18.3. The van der Waals surface area contributed by atoms with Gasteiger partial charge in [0.2, 0.25) is 5.95 Å². The quantitative estimate of drug-likeness (QED) is 0.540. The molecule has 3 aromatic rings. The van der Waals surface area contributed by atoms with Crippen LogP contribution in [0, 0.1) is 6.92 Å². The van der Waals surface area contributed by atoms with Gasteiger partial charge in [-0.05, 0) is 37.5 Å². The number of benzene rings is 1. The highest BCUT2D eigenvalue weighted by atomic mass is 32.2. The number of sulfone groups is 1. The Morgan fingerprint density at radius 3 is 2.63 bits per heavy atom. The number of aromatic amines is 1. The molecule has 2 heterocycles. The van der Waals surface area contributed by atoms with Crippen LogP contribution in [-0.2, 0) is 9.84 Å². The van der Waals surface area contributed by atoms with Gasteiger partial charge in [-0.2, -0.15) is 9.97 Å². The molecule has 0 amide bonds. The third-order valence-corrected chi connectivity index (χ3v) is 6.63. The molecular weight excluding hydrogens is 402 g/mol. The summed E-state index contributed by atoms with van der Waals surface area (Å²) in [5, 5.41) is 7.78. The average molecular weight is 430 g/mol. The van der Waals surface area contributed by atoms with Crippen LogP contribution in [-0.4, -0.2) is 42.8 Å². The Hall–Kier alpha value is -2.81. The molecule has 1 aliphatic rings. The fraction of sp³-hybridized carbons (Fsp3) is 0.429. The van der Waals surface area contributed by atoms with Crippen LogP contribution in [0.2, 0.25) is 0 Å². The molecule has 0 aliphatic heterocycles. The van der Waals surface area contributed by atoms with Gasteiger partial charge in [0.05, 0.1) is 23.1 Å². The lowest BCUT2D eigenvalue weighted by atomic mass is 9.95. The van der Waals surface area contributed by atoms with Crippen molar-refractivity contribution in [2.24, 2.45) is 0 Å². The Labute approximate surface area is 176 Å². The van der Waals surface area contributed by atoms with Crippen LogP contribution in [0.5, 0.6) is 5.75 Å². The molecule has 3 N–H and O–H groups in total. The van der Waals surface area contributed by atoms with Gasteiger partial charge in [-0.25, -0.2) is 8.42 Å². The third-order valence-electron chi connectivity index (χ3n) is 5.52. The first-order chi connectivity index (χ1) is 14.3. The molecule has 2 aromatic heterocycles. The molecule has 9 heteroatoms. The van der Waals surface area contributed by atoms with Gasteiger partial charge in [-0.15, -0.1) is 0 Å². The number of nitrogens with one attached hydrogen (secondary N) is 3. The summed E-state index contributed by atoms with van der Waals surface area (Å²) in [6.45, 7) is 2.04. The van der Waals surface area contributed by atoms with Gasteiger partial charge in [-0.3, -0.25) is 0 Å². The van der Waals surface area contributed by atoms with E-state index in [0.29, 0.717) is 23.4 Å². The van der Waals surface area contributed by atoms with E-state index in [2.05, 4.69) is 20.6 Å². The second-order valence-electron chi connectivity index (χ2n) is 7.83. The fourth-order valence-electron chi connectivity index (χ4n) is 3.91. The first-order valence-corrected chi connectivity index (χ1v) is 12.0. The van der Waals surface area contributed by atoms with Crippen molar-refractivity contribution >= 4 is 38.3 Å². The van der Waals surface area contributed by atoms with Crippen LogP contribution in [0.3, 0.4) is 0 Å². The van der Waals surface area contributed by atoms with Gasteiger partial charge in [-0.1, -0.05) is 19.3 Å². The summed E-state index contributed by atoms with van der Waals surface area (Å²) in [4.78, 5) is 12.7. The second kappa shape index (κ2) is 8.14. The molecule has 160 valence electrons. The molecule has 0 bridgehead atoms. The summed E-state index contributed by atoms with van der Waals surface area (Å²) in [6.07, 6.45) is 9.12. The van der Waals surface area contributed by atoms with Crippen molar-refractivity contribution in [1.29, 1.82) is 0 Å². The molecule has 4 rings (SSSR count). The van der Waals surface area contributed by atoms with Crippen LogP contribution < -0.4 is 15.4 Å². The fourth-order valence-corrected chi connectivity index (χ4v) is 4.55. The van der Waals surface area contributed by atoms with E-state index in [0.717, 1.165) is 35.3 Å². The van der Waals surface area contributed by atoms with E-state index >= 15 is 0 Å². The number of rotatable bonds is 6. The Morgan fingerprint density at radius 1 is 1.17 bits per heavy atom. The van der Waals surface area contributed by atoms with Gasteiger partial charge in [0.1, 0.15) is 17.2 Å². The highest BCUT2D eigenvalue weighted by Crippen LogP contribution is 2.32. The Kier molecular flexibility index (Phi) is 5.55. The van der Waals surface area contributed by atoms with Crippen molar-refractivity contribution in [3.63, 3.8) is 0 Å². The summed E-state index contributed by atoms with van der Waals surface area (Å²) >= 11 is 0. The van der Waals surface area contributed by atoms with E-state index < -0.39 is 9.84 Å². The predicted molar refractivity (Wildman–Crippen MR) is 119 cm³/mol. The lowest BCUT2D eigenvalue weighted by Gasteiger charge is -2.24. The topological polar surface area (TPSA) is 109 Å². The monoisotopic (exact) mass is 429 g/mol. The normalized spacial score (nSPS) is 15.3. The molecule has 0 atom stereocenters. The van der Waals surface area contributed by atoms with Crippen molar-refractivity contribution < 1.29 is 13.2 Å². The second-order valence-corrected chi connectivity index (χ2v) is 9.85. The lowest BCUT2D eigenvalue weighted by molar-refractivity contribution is 0.415. The molecule has 1 saturated carbocycles. The number of nitrogens with zero attached hydrogens (tertiary/aromatic N) is 2. The van der Waals surface area contributed by atoms with Crippen molar-refractivity contribution in [2.75, 3.05) is 24.0 Å². The van der Waals surface area contributed by atoms with E-state index in [1.54, 1.807) is 12.1 Å². The Balaban J connectivity index is 1.69. The number of ether oxygens (including phenoxy) is 1. The lowest BCUT2D eigenvalue weighted by Crippen LogP contribution is -2.23. The van der Waals surface area contributed by atoms with Crippen molar-refractivity contribution in [1.82, 2.24) is 15.0 Å². The van der Waals surface area contributed by atoms with Gasteiger partial charge >= 0.3 is 0 Å². The minimum Gasteiger partial charge on any atom is -0.495 e. The molecule has 1 aliphatic carbocycles. The van der Waals surface area contributed by atoms with Gasteiger partial charge in [0, 0.05) is 24.6 Å². The minimum absolute atomic E-state index is 0.195. The summed E-state index contributed by atoms with van der Waals surface area (Å²) in [7, 11) is -1.83. The zero-order chi connectivity index (χ0) is 21.3. The highest BCUT2D eigenvalue weighted by Gasteiger charge is 2.19. The molecular formula is C21H27N5O3S. The minimum atomic E-state index is -3.33. The van der Waals surface area contributed by atoms with Crippen molar-refractivity contribution in [3.05, 3.63) is 30.0 Å². The van der Waals surface area contributed by atoms with Crippen molar-refractivity contribution in [3.8, 4) is 5.75 Å². The van der Waals surface area contributed by atoms with E-state index in [1.807, 2.05) is 13.1 Å². The summed E-state index contributed by atoms with van der Waals surface area (Å²) in [6, 6.07) is 5.11. The maximum atomic E-state index is 11.8. The van der Waals surface area contributed by atoms with Gasteiger partial charge in [0.15, 0.2) is 9.84 Å². The molecule has 30 heavy (non-hydrogen) atoms. The Bertz CT molecular complexity index is 1170. The number of aromatic nitrogens is 3. The highest BCUT2D eigenvalue weighted by molar-refractivity contribution is 7.90. The summed E-state index contributed by atoms with van der Waals surface area (Å²) < 4.78 is 29.1. The number of fused-ring (bicyclic) bond motifs is 1. The van der Waals surface area contributed by atoms with E-state index in [9.17, 15) is 8.42 Å². The zero-order valence-electron chi connectivity index (χ0n) is 17.4. The van der Waals surface area contributed by atoms with Crippen LogP contribution in [0.1, 0.15) is 37.7 Å². The van der Waals surface area contributed by atoms with Crippen LogP contribution in [0.25, 0.3) is 11.0 Å². The summed E-state index contributed by atoms with van der Waals surface area (Å²) in [5.74, 6) is 1.62. The van der Waals surface area contributed by atoms with E-state index in [4.69, 9.17) is 9.72 Å².